The second-order valence-corrected chi connectivity index (χ2v) is 5.23. The Morgan fingerprint density at radius 1 is 1.19 bits per heavy atom. The van der Waals surface area contributed by atoms with E-state index >= 15 is 0 Å². The lowest BCUT2D eigenvalue weighted by Crippen LogP contribution is -2.31. The Labute approximate surface area is 124 Å². The average Bonchev–Trinajstić information content (AvgIpc) is 2.53. The summed E-state index contributed by atoms with van der Waals surface area (Å²) in [6, 6.07) is 12.2. The molecule has 108 valence electrons. The van der Waals surface area contributed by atoms with E-state index in [1.54, 1.807) is 6.07 Å². The summed E-state index contributed by atoms with van der Waals surface area (Å²) in [6.07, 6.45) is 1.02. The summed E-state index contributed by atoms with van der Waals surface area (Å²) in [5.74, 6) is 0.574. The minimum Gasteiger partial charge on any atom is -0.465 e. The highest BCUT2D eigenvalue weighted by atomic mass is 16.5. The molecule has 4 nitrogen and oxygen atoms in total. The van der Waals surface area contributed by atoms with E-state index in [-0.39, 0.29) is 5.97 Å². The maximum Gasteiger partial charge on any atom is 0.339 e. The van der Waals surface area contributed by atoms with Crippen LogP contribution < -0.4 is 4.90 Å². The van der Waals surface area contributed by atoms with E-state index in [1.807, 2.05) is 13.0 Å². The molecule has 2 aromatic rings. The minimum atomic E-state index is -0.337. The molecule has 0 aliphatic carbocycles. The Morgan fingerprint density at radius 3 is 2.67 bits per heavy atom. The molecular formula is C17H18N2O2. The van der Waals surface area contributed by atoms with Gasteiger partial charge in [-0.05, 0) is 36.6 Å². The molecule has 0 bridgehead atoms. The summed E-state index contributed by atoms with van der Waals surface area (Å²) in [5.41, 5.74) is 3.99. The molecule has 0 atom stereocenters. The fourth-order valence-corrected chi connectivity index (χ4v) is 2.74. The largest absolute Gasteiger partial charge is 0.465 e. The van der Waals surface area contributed by atoms with E-state index in [1.165, 1.54) is 18.2 Å². The zero-order valence-corrected chi connectivity index (χ0v) is 12.3. The number of benzene rings is 1. The topological polar surface area (TPSA) is 42.4 Å². The first-order valence-electron chi connectivity index (χ1n) is 7.06. The number of methoxy groups -OCH3 is 1. The van der Waals surface area contributed by atoms with Crippen molar-refractivity contribution in [1.29, 1.82) is 0 Å². The Morgan fingerprint density at radius 2 is 1.95 bits per heavy atom. The Balaban J connectivity index is 1.86. The van der Waals surface area contributed by atoms with Gasteiger partial charge in [0.25, 0.3) is 0 Å². The molecule has 3 rings (SSSR count). The van der Waals surface area contributed by atoms with Gasteiger partial charge in [0.15, 0.2) is 0 Å². The number of anilines is 1. The molecule has 0 spiro atoms. The number of aromatic nitrogens is 1. The number of hydrogen-bond donors (Lipinski definition) is 0. The van der Waals surface area contributed by atoms with Crippen molar-refractivity contribution in [3.63, 3.8) is 0 Å². The van der Waals surface area contributed by atoms with Gasteiger partial charge in [-0.2, -0.15) is 0 Å². The minimum absolute atomic E-state index is 0.337. The van der Waals surface area contributed by atoms with Crippen LogP contribution in [0.25, 0.3) is 0 Å². The zero-order chi connectivity index (χ0) is 14.8. The van der Waals surface area contributed by atoms with Crippen LogP contribution in [0.5, 0.6) is 0 Å². The lowest BCUT2D eigenvalue weighted by Gasteiger charge is -2.30. The summed E-state index contributed by atoms with van der Waals surface area (Å²) >= 11 is 0. The van der Waals surface area contributed by atoms with Crippen LogP contribution in [0.15, 0.2) is 36.4 Å². The molecule has 0 radical (unpaired) electrons. The van der Waals surface area contributed by atoms with E-state index < -0.39 is 0 Å². The fourth-order valence-electron chi connectivity index (χ4n) is 2.74. The number of nitrogens with zero attached hydrogens (tertiary/aromatic N) is 2. The first-order chi connectivity index (χ1) is 10.2. The fraction of sp³-hybridized carbons (Fsp3) is 0.294. The highest BCUT2D eigenvalue weighted by Crippen LogP contribution is 2.24. The van der Waals surface area contributed by atoms with Crippen LogP contribution in [0.4, 0.5) is 5.82 Å². The van der Waals surface area contributed by atoms with Crippen LogP contribution >= 0.6 is 0 Å². The monoisotopic (exact) mass is 282 g/mol. The highest BCUT2D eigenvalue weighted by molar-refractivity contribution is 5.90. The van der Waals surface area contributed by atoms with Crippen molar-refractivity contribution >= 4 is 11.8 Å². The van der Waals surface area contributed by atoms with E-state index in [0.29, 0.717) is 11.3 Å². The summed E-state index contributed by atoms with van der Waals surface area (Å²) < 4.78 is 4.76. The van der Waals surface area contributed by atoms with Gasteiger partial charge in [0, 0.05) is 13.1 Å². The summed E-state index contributed by atoms with van der Waals surface area (Å²) in [5, 5.41) is 0. The summed E-state index contributed by atoms with van der Waals surface area (Å²) in [4.78, 5) is 18.4. The number of rotatable bonds is 2. The Bertz CT molecular complexity index is 682. The van der Waals surface area contributed by atoms with E-state index in [2.05, 4.69) is 34.1 Å². The maximum absolute atomic E-state index is 11.6. The standard InChI is InChI=1S/C17H18N2O2/c1-12-15(17(20)21-2)7-8-16(18-12)19-10-9-13-5-3-4-6-14(13)11-19/h3-8H,9-11H2,1-2H3. The second kappa shape index (κ2) is 5.56. The SMILES string of the molecule is COC(=O)c1ccc(N2CCc3ccccc3C2)nc1C. The molecule has 0 saturated heterocycles. The molecule has 21 heavy (non-hydrogen) atoms. The van der Waals surface area contributed by atoms with E-state index in [4.69, 9.17) is 4.74 Å². The molecule has 0 saturated carbocycles. The molecule has 0 amide bonds. The van der Waals surface area contributed by atoms with Crippen LogP contribution in [0.1, 0.15) is 27.2 Å². The third kappa shape index (κ3) is 2.61. The number of esters is 1. The number of carbonyl (C=O) groups excluding carboxylic acids is 1. The van der Waals surface area contributed by atoms with E-state index in [0.717, 1.165) is 25.3 Å². The quantitative estimate of drug-likeness (QED) is 0.794. The lowest BCUT2D eigenvalue weighted by atomic mass is 10.00. The van der Waals surface area contributed by atoms with Crippen molar-refractivity contribution in [3.8, 4) is 0 Å². The van der Waals surface area contributed by atoms with Gasteiger partial charge in [0.1, 0.15) is 5.82 Å². The molecular weight excluding hydrogens is 264 g/mol. The third-order valence-electron chi connectivity index (χ3n) is 3.93. The van der Waals surface area contributed by atoms with Crippen LogP contribution in [-0.2, 0) is 17.7 Å². The van der Waals surface area contributed by atoms with Crippen molar-refractivity contribution < 1.29 is 9.53 Å². The summed E-state index contributed by atoms with van der Waals surface area (Å²) in [6.45, 7) is 3.65. The van der Waals surface area contributed by atoms with Crippen molar-refractivity contribution in [3.05, 3.63) is 58.8 Å². The van der Waals surface area contributed by atoms with E-state index in [9.17, 15) is 4.79 Å². The van der Waals surface area contributed by atoms with Crippen LogP contribution in [0.3, 0.4) is 0 Å². The van der Waals surface area contributed by atoms with Gasteiger partial charge in [-0.25, -0.2) is 9.78 Å². The Hall–Kier alpha value is -2.36. The number of ether oxygens (including phenoxy) is 1. The van der Waals surface area contributed by atoms with Crippen molar-refractivity contribution in [1.82, 2.24) is 4.98 Å². The first-order valence-corrected chi connectivity index (χ1v) is 7.06. The molecule has 0 unspecified atom stereocenters. The molecule has 1 aromatic carbocycles. The first kappa shape index (κ1) is 13.6. The van der Waals surface area contributed by atoms with Crippen LogP contribution in [0.2, 0.25) is 0 Å². The maximum atomic E-state index is 11.6. The number of aryl methyl sites for hydroxylation is 1. The third-order valence-corrected chi connectivity index (χ3v) is 3.93. The van der Waals surface area contributed by atoms with Gasteiger partial charge in [0.2, 0.25) is 0 Å². The van der Waals surface area contributed by atoms with Crippen molar-refractivity contribution in [2.45, 2.75) is 19.9 Å². The van der Waals surface area contributed by atoms with Gasteiger partial charge in [-0.15, -0.1) is 0 Å². The molecule has 0 fully saturated rings. The van der Waals surface area contributed by atoms with Crippen molar-refractivity contribution in [2.24, 2.45) is 0 Å². The second-order valence-electron chi connectivity index (χ2n) is 5.23. The molecule has 1 aromatic heterocycles. The molecule has 1 aliphatic heterocycles. The van der Waals surface area contributed by atoms with Crippen LogP contribution in [-0.4, -0.2) is 24.6 Å². The summed E-state index contributed by atoms with van der Waals surface area (Å²) in [7, 11) is 1.39. The number of carbonyl (C=O) groups is 1. The Kier molecular flexibility index (Phi) is 3.60. The number of fused-ring (bicyclic) bond motifs is 1. The van der Waals surface area contributed by atoms with Crippen molar-refractivity contribution in [2.75, 3.05) is 18.6 Å². The normalized spacial score (nSPS) is 13.7. The molecule has 1 aliphatic rings. The predicted molar refractivity (Wildman–Crippen MR) is 81.5 cm³/mol. The van der Waals surface area contributed by atoms with Crippen LogP contribution in [0, 0.1) is 6.92 Å². The van der Waals surface area contributed by atoms with Gasteiger partial charge in [0.05, 0.1) is 18.4 Å². The average molecular weight is 282 g/mol. The van der Waals surface area contributed by atoms with Gasteiger partial charge in [-0.3, -0.25) is 0 Å². The zero-order valence-electron chi connectivity index (χ0n) is 12.3. The number of pyridine rings is 1. The molecule has 2 heterocycles. The highest BCUT2D eigenvalue weighted by Gasteiger charge is 2.18. The predicted octanol–water partition coefficient (Wildman–Crippen LogP) is 2.74. The molecule has 0 N–H and O–H groups in total. The van der Waals surface area contributed by atoms with Gasteiger partial charge in [-0.1, -0.05) is 24.3 Å². The van der Waals surface area contributed by atoms with Gasteiger partial charge < -0.3 is 9.64 Å². The molecule has 4 heteroatoms. The lowest BCUT2D eigenvalue weighted by molar-refractivity contribution is 0.0599. The number of hydrogen-bond acceptors (Lipinski definition) is 4. The smallest absolute Gasteiger partial charge is 0.339 e. The van der Waals surface area contributed by atoms with Gasteiger partial charge >= 0.3 is 5.97 Å².